The van der Waals surface area contributed by atoms with Gasteiger partial charge in [-0.05, 0) is 41.3 Å². The van der Waals surface area contributed by atoms with Crippen molar-refractivity contribution in [3.63, 3.8) is 0 Å². The molecule has 0 amide bonds. The van der Waals surface area contributed by atoms with E-state index in [0.29, 0.717) is 11.7 Å². The van der Waals surface area contributed by atoms with Gasteiger partial charge >= 0.3 is 0 Å². The van der Waals surface area contributed by atoms with Gasteiger partial charge in [-0.25, -0.2) is 4.98 Å². The molecule has 1 heterocycles. The zero-order valence-electron chi connectivity index (χ0n) is 8.83. The third kappa shape index (κ3) is 3.09. The summed E-state index contributed by atoms with van der Waals surface area (Å²) in [5, 5.41) is 3.40. The predicted molar refractivity (Wildman–Crippen MR) is 66.8 cm³/mol. The van der Waals surface area contributed by atoms with Gasteiger partial charge in [0.15, 0.2) is 0 Å². The van der Waals surface area contributed by atoms with E-state index in [0.717, 1.165) is 16.2 Å². The molecule has 82 valence electrons. The van der Waals surface area contributed by atoms with E-state index in [1.165, 1.54) is 19.3 Å². The standard InChI is InChI=1S/C11H16BrN3/c1-7(4-8-2-3-8)15-11-10(12)5-9(13)6-14-11/h5-8H,2-4,13H2,1H3,(H,14,15). The van der Waals surface area contributed by atoms with Crippen LogP contribution in [0, 0.1) is 5.92 Å². The van der Waals surface area contributed by atoms with E-state index in [-0.39, 0.29) is 0 Å². The number of aromatic nitrogens is 1. The van der Waals surface area contributed by atoms with Crippen LogP contribution in [0.2, 0.25) is 0 Å². The Hall–Kier alpha value is -0.770. The molecule has 1 atom stereocenters. The van der Waals surface area contributed by atoms with Gasteiger partial charge in [0.2, 0.25) is 0 Å². The number of hydrogen-bond donors (Lipinski definition) is 2. The summed E-state index contributed by atoms with van der Waals surface area (Å²) >= 11 is 3.45. The van der Waals surface area contributed by atoms with Crippen molar-refractivity contribution in [2.45, 2.75) is 32.2 Å². The first kappa shape index (κ1) is 10.7. The van der Waals surface area contributed by atoms with Crippen molar-refractivity contribution in [1.82, 2.24) is 4.98 Å². The Morgan fingerprint density at radius 1 is 1.67 bits per heavy atom. The molecule has 1 saturated carbocycles. The number of nitrogens with zero attached hydrogens (tertiary/aromatic N) is 1. The quantitative estimate of drug-likeness (QED) is 0.884. The van der Waals surface area contributed by atoms with Gasteiger partial charge in [0.25, 0.3) is 0 Å². The highest BCUT2D eigenvalue weighted by Crippen LogP contribution is 2.34. The number of halogens is 1. The SMILES string of the molecule is CC(CC1CC1)Nc1ncc(N)cc1Br. The molecule has 3 N–H and O–H groups in total. The molecule has 3 nitrogen and oxygen atoms in total. The van der Waals surface area contributed by atoms with Gasteiger partial charge in [0, 0.05) is 6.04 Å². The van der Waals surface area contributed by atoms with Gasteiger partial charge in [0.05, 0.1) is 16.4 Å². The van der Waals surface area contributed by atoms with E-state index >= 15 is 0 Å². The summed E-state index contributed by atoms with van der Waals surface area (Å²) in [4.78, 5) is 4.26. The molecule has 1 unspecified atom stereocenters. The van der Waals surface area contributed by atoms with Gasteiger partial charge in [0.1, 0.15) is 5.82 Å². The third-order valence-corrected chi connectivity index (χ3v) is 3.23. The predicted octanol–water partition coefficient (Wildman–Crippen LogP) is 3.03. The Labute approximate surface area is 98.6 Å². The maximum atomic E-state index is 5.63. The maximum Gasteiger partial charge on any atom is 0.140 e. The Morgan fingerprint density at radius 3 is 3.00 bits per heavy atom. The Bertz CT molecular complexity index is 350. The molecule has 1 aromatic rings. The van der Waals surface area contributed by atoms with E-state index in [2.05, 4.69) is 33.2 Å². The zero-order valence-corrected chi connectivity index (χ0v) is 10.4. The first-order chi connectivity index (χ1) is 7.15. The highest BCUT2D eigenvalue weighted by molar-refractivity contribution is 9.10. The van der Waals surface area contributed by atoms with Crippen LogP contribution < -0.4 is 11.1 Å². The fourth-order valence-corrected chi connectivity index (χ4v) is 2.19. The first-order valence-corrected chi connectivity index (χ1v) is 6.12. The molecular weight excluding hydrogens is 254 g/mol. The molecule has 1 aromatic heterocycles. The molecular formula is C11H16BrN3. The maximum absolute atomic E-state index is 5.63. The van der Waals surface area contributed by atoms with E-state index in [1.807, 2.05) is 6.07 Å². The van der Waals surface area contributed by atoms with Crippen LogP contribution in [0.25, 0.3) is 0 Å². The average molecular weight is 270 g/mol. The Kier molecular flexibility index (Phi) is 3.14. The van der Waals surface area contributed by atoms with Gasteiger partial charge in [-0.15, -0.1) is 0 Å². The lowest BCUT2D eigenvalue weighted by Crippen LogP contribution is -2.17. The van der Waals surface area contributed by atoms with Crippen LogP contribution in [0.4, 0.5) is 11.5 Å². The van der Waals surface area contributed by atoms with Gasteiger partial charge in [-0.1, -0.05) is 12.8 Å². The number of nitrogens with two attached hydrogens (primary N) is 1. The summed E-state index contributed by atoms with van der Waals surface area (Å²) in [6.45, 7) is 2.20. The number of nitrogens with one attached hydrogen (secondary N) is 1. The van der Waals surface area contributed by atoms with Crippen LogP contribution in [-0.4, -0.2) is 11.0 Å². The first-order valence-electron chi connectivity index (χ1n) is 5.32. The van der Waals surface area contributed by atoms with Crippen molar-refractivity contribution < 1.29 is 0 Å². The van der Waals surface area contributed by atoms with E-state index < -0.39 is 0 Å². The zero-order chi connectivity index (χ0) is 10.8. The second kappa shape index (κ2) is 4.39. The summed E-state index contributed by atoms with van der Waals surface area (Å²) in [6.07, 6.45) is 5.69. The molecule has 15 heavy (non-hydrogen) atoms. The van der Waals surface area contributed by atoms with Crippen molar-refractivity contribution in [3.05, 3.63) is 16.7 Å². The van der Waals surface area contributed by atoms with Crippen molar-refractivity contribution in [2.75, 3.05) is 11.1 Å². The van der Waals surface area contributed by atoms with Crippen molar-refractivity contribution in [3.8, 4) is 0 Å². The van der Waals surface area contributed by atoms with Crippen LogP contribution in [0.3, 0.4) is 0 Å². The van der Waals surface area contributed by atoms with Gasteiger partial charge in [-0.2, -0.15) is 0 Å². The lowest BCUT2D eigenvalue weighted by Gasteiger charge is -2.15. The third-order valence-electron chi connectivity index (χ3n) is 2.63. The smallest absolute Gasteiger partial charge is 0.140 e. The summed E-state index contributed by atoms with van der Waals surface area (Å²) in [5.41, 5.74) is 6.31. The van der Waals surface area contributed by atoms with Crippen LogP contribution in [0.5, 0.6) is 0 Å². The minimum atomic E-state index is 0.477. The highest BCUT2D eigenvalue weighted by atomic mass is 79.9. The molecule has 1 aliphatic rings. The topological polar surface area (TPSA) is 50.9 Å². The molecule has 1 fully saturated rings. The van der Waals surface area contributed by atoms with Crippen LogP contribution in [0.1, 0.15) is 26.2 Å². The monoisotopic (exact) mass is 269 g/mol. The molecule has 4 heteroatoms. The molecule has 0 aromatic carbocycles. The summed E-state index contributed by atoms with van der Waals surface area (Å²) in [6, 6.07) is 2.35. The van der Waals surface area contributed by atoms with Crippen molar-refractivity contribution in [1.29, 1.82) is 0 Å². The van der Waals surface area contributed by atoms with Crippen LogP contribution in [0.15, 0.2) is 16.7 Å². The summed E-state index contributed by atoms with van der Waals surface area (Å²) in [5.74, 6) is 1.82. The lowest BCUT2D eigenvalue weighted by molar-refractivity contribution is 0.640. The normalized spacial score (nSPS) is 17.5. The molecule has 0 radical (unpaired) electrons. The minimum absolute atomic E-state index is 0.477. The van der Waals surface area contributed by atoms with E-state index in [4.69, 9.17) is 5.73 Å². The van der Waals surface area contributed by atoms with Crippen molar-refractivity contribution in [2.24, 2.45) is 5.92 Å². The largest absolute Gasteiger partial charge is 0.397 e. The highest BCUT2D eigenvalue weighted by Gasteiger charge is 2.23. The number of rotatable bonds is 4. The van der Waals surface area contributed by atoms with E-state index in [1.54, 1.807) is 6.20 Å². The van der Waals surface area contributed by atoms with Crippen LogP contribution >= 0.6 is 15.9 Å². The fraction of sp³-hybridized carbons (Fsp3) is 0.545. The molecule has 0 spiro atoms. The molecule has 0 aliphatic heterocycles. The number of nitrogen functional groups attached to an aromatic ring is 1. The van der Waals surface area contributed by atoms with Gasteiger partial charge < -0.3 is 11.1 Å². The molecule has 0 saturated heterocycles. The second-order valence-corrected chi connectivity index (χ2v) is 5.18. The van der Waals surface area contributed by atoms with Crippen molar-refractivity contribution >= 4 is 27.4 Å². The Morgan fingerprint density at radius 2 is 2.40 bits per heavy atom. The molecule has 2 rings (SSSR count). The van der Waals surface area contributed by atoms with Crippen LogP contribution in [-0.2, 0) is 0 Å². The summed E-state index contributed by atoms with van der Waals surface area (Å²) in [7, 11) is 0. The summed E-state index contributed by atoms with van der Waals surface area (Å²) < 4.78 is 0.935. The van der Waals surface area contributed by atoms with Gasteiger partial charge in [-0.3, -0.25) is 0 Å². The fourth-order valence-electron chi connectivity index (χ4n) is 1.70. The minimum Gasteiger partial charge on any atom is -0.397 e. The molecule has 1 aliphatic carbocycles. The number of anilines is 2. The number of pyridine rings is 1. The second-order valence-electron chi connectivity index (χ2n) is 4.32. The average Bonchev–Trinajstić information content (AvgIpc) is 2.94. The Balaban J connectivity index is 1.96. The molecule has 0 bridgehead atoms. The number of hydrogen-bond acceptors (Lipinski definition) is 3. The van der Waals surface area contributed by atoms with E-state index in [9.17, 15) is 0 Å². The lowest BCUT2D eigenvalue weighted by atomic mass is 10.1.